The second-order valence-electron chi connectivity index (χ2n) is 0.647. The van der Waals surface area contributed by atoms with E-state index in [2.05, 4.69) is 11.7 Å². The zero-order chi connectivity index (χ0) is 4.99. The second-order valence-corrected chi connectivity index (χ2v) is 0.647. The molecule has 0 atom stereocenters. The summed E-state index contributed by atoms with van der Waals surface area (Å²) in [7, 11) is 0. The van der Waals surface area contributed by atoms with E-state index in [0.717, 1.165) is 0 Å². The average Bonchev–Trinajstić information content (AvgIpc) is 1.35. The summed E-state index contributed by atoms with van der Waals surface area (Å²) >= 11 is 0. The number of carbonyl (C=O) groups excluding carboxylic acids is 1. The first-order chi connectivity index (χ1) is 2.77. The molecule has 2 radical (unpaired) electrons. The highest BCUT2D eigenvalue weighted by atomic mass is 16.1. The van der Waals surface area contributed by atoms with E-state index in [4.69, 9.17) is 5.53 Å². The lowest BCUT2D eigenvalue weighted by atomic mass is 10.5. The Morgan fingerprint density at radius 3 is 2.50 bits per heavy atom. The minimum absolute atomic E-state index is 0.611. The van der Waals surface area contributed by atoms with Crippen molar-refractivity contribution in [2.45, 2.75) is 0 Å². The molecule has 0 heterocycles. The van der Waals surface area contributed by atoms with E-state index in [0.29, 0.717) is 6.21 Å². The molecule has 0 aromatic carbocycles. The van der Waals surface area contributed by atoms with E-state index in [1.165, 1.54) is 0 Å². The topological polar surface area (TPSA) is 53.5 Å². The van der Waals surface area contributed by atoms with E-state index in [1.54, 1.807) is 0 Å². The maximum Gasteiger partial charge on any atom is 0.323 e. The van der Waals surface area contributed by atoms with E-state index < -0.39 is 5.78 Å². The van der Waals surface area contributed by atoms with Gasteiger partial charge in [-0.3, -0.25) is 4.79 Å². The molecule has 0 aliphatic rings. The quantitative estimate of drug-likeness (QED) is 0.240. The molecule has 0 aliphatic heterocycles. The number of ketones is 1. The second kappa shape index (κ2) is 2.30. The zero-order valence-electron chi connectivity index (χ0n) is 2.96. The highest BCUT2D eigenvalue weighted by Gasteiger charge is 1.84. The van der Waals surface area contributed by atoms with Gasteiger partial charge < -0.3 is 5.53 Å². The van der Waals surface area contributed by atoms with Gasteiger partial charge in [-0.2, -0.15) is 4.79 Å². The normalized spacial score (nSPS) is 6.17. The molecule has 0 rings (SSSR count). The number of hydrogen-bond donors (Lipinski definition) is 0. The first kappa shape index (κ1) is 5.05. The summed E-state index contributed by atoms with van der Waals surface area (Å²) < 4.78 is 0. The maximum absolute atomic E-state index is 9.51. The van der Waals surface area contributed by atoms with Gasteiger partial charge in [-0.25, -0.2) is 0 Å². The van der Waals surface area contributed by atoms with Crippen molar-refractivity contribution in [3.8, 4) is 0 Å². The molecule has 0 aromatic heterocycles. The van der Waals surface area contributed by atoms with Crippen molar-refractivity contribution < 1.29 is 9.58 Å². The van der Waals surface area contributed by atoms with Crippen LogP contribution in [0.4, 0.5) is 0 Å². The summed E-state index contributed by atoms with van der Waals surface area (Å²) in [5.74, 6) is -0.752. The largest absolute Gasteiger partial charge is 0.361 e. The van der Waals surface area contributed by atoms with E-state index >= 15 is 0 Å². The molecule has 0 N–H and O–H groups in total. The van der Waals surface area contributed by atoms with Crippen LogP contribution >= 0.6 is 0 Å². The Kier molecular flexibility index (Phi) is 1.93. The Balaban J connectivity index is 3.60. The number of Topliss-reactive ketones (excluding diaryl/α,β-unsaturated/α-hetero) is 1. The summed E-state index contributed by atoms with van der Waals surface area (Å²) in [6.07, 6.45) is 0.611. The van der Waals surface area contributed by atoms with Crippen LogP contribution in [0.15, 0.2) is 0 Å². The van der Waals surface area contributed by atoms with Crippen molar-refractivity contribution in [3.63, 3.8) is 0 Å². The monoisotopic (exact) mass is 82.0 g/mol. The summed E-state index contributed by atoms with van der Waals surface area (Å²) in [5, 5.41) is 0. The van der Waals surface area contributed by atoms with Crippen LogP contribution in [0.5, 0.6) is 0 Å². The molecule has 0 saturated heterocycles. The lowest BCUT2D eigenvalue weighted by molar-refractivity contribution is -0.112. The molecule has 0 spiro atoms. The van der Waals surface area contributed by atoms with Gasteiger partial charge in [0.25, 0.3) is 0 Å². The van der Waals surface area contributed by atoms with E-state index in [1.807, 2.05) is 0 Å². The van der Waals surface area contributed by atoms with Crippen LogP contribution in [-0.4, -0.2) is 16.8 Å². The van der Waals surface area contributed by atoms with Crippen molar-refractivity contribution in [3.05, 3.63) is 12.5 Å². The molecule has 0 aromatic rings. The van der Waals surface area contributed by atoms with Crippen LogP contribution in [0.3, 0.4) is 0 Å². The summed E-state index contributed by atoms with van der Waals surface area (Å²) in [4.78, 5) is 11.8. The zero-order valence-corrected chi connectivity index (χ0v) is 2.96. The van der Waals surface area contributed by atoms with Crippen LogP contribution in [-0.2, 0) is 4.79 Å². The van der Waals surface area contributed by atoms with Crippen LogP contribution in [0.2, 0.25) is 0 Å². The average molecular weight is 82.1 g/mol. The van der Waals surface area contributed by atoms with Crippen LogP contribution in [0.1, 0.15) is 0 Å². The maximum atomic E-state index is 9.51. The van der Waals surface area contributed by atoms with Gasteiger partial charge in [0.1, 0.15) is 0 Å². The standard InChI is InChI=1S/C3H2N2O/c1-3(6)2-5-4/h1-2H. The molecule has 0 bridgehead atoms. The van der Waals surface area contributed by atoms with Gasteiger partial charge in [-0.05, 0) is 0 Å². The Morgan fingerprint density at radius 2 is 2.50 bits per heavy atom. The highest BCUT2D eigenvalue weighted by Crippen LogP contribution is 1.47. The lowest BCUT2D eigenvalue weighted by Gasteiger charge is -1.54. The summed E-state index contributed by atoms with van der Waals surface area (Å²) in [5.41, 5.74) is 7.51. The van der Waals surface area contributed by atoms with Gasteiger partial charge >= 0.3 is 6.21 Å². The molecular formula is C3H2N2O. The van der Waals surface area contributed by atoms with Crippen molar-refractivity contribution >= 4 is 12.0 Å². The molecule has 0 amide bonds. The van der Waals surface area contributed by atoms with E-state index in [9.17, 15) is 4.79 Å². The van der Waals surface area contributed by atoms with Crippen LogP contribution < -0.4 is 0 Å². The number of nitrogens with zero attached hydrogens (tertiary/aromatic N) is 2. The van der Waals surface area contributed by atoms with Crippen LogP contribution in [0, 0.1) is 6.92 Å². The fourth-order valence-electron chi connectivity index (χ4n) is 0.0569. The van der Waals surface area contributed by atoms with Crippen molar-refractivity contribution in [2.75, 3.05) is 0 Å². The Bertz CT molecular complexity index is 101. The Labute approximate surface area is 35.2 Å². The summed E-state index contributed by atoms with van der Waals surface area (Å²) in [6, 6.07) is 0. The highest BCUT2D eigenvalue weighted by molar-refractivity contribution is 6.27. The smallest absolute Gasteiger partial charge is 0.323 e. The number of rotatable bonds is 1. The number of hydrogen-bond acceptors (Lipinski definition) is 1. The third-order valence-electron chi connectivity index (χ3n) is 0.185. The van der Waals surface area contributed by atoms with Crippen molar-refractivity contribution in [1.29, 1.82) is 0 Å². The molecule has 3 heteroatoms. The SMILES string of the molecule is [CH]C(=O)C=[N+]=[N-]. The molecule has 30 valence electrons. The van der Waals surface area contributed by atoms with Crippen molar-refractivity contribution in [1.82, 2.24) is 0 Å². The Morgan fingerprint density at radius 1 is 2.00 bits per heavy atom. The first-order valence-corrected chi connectivity index (χ1v) is 1.24. The van der Waals surface area contributed by atoms with Gasteiger partial charge in [-0.15, -0.1) is 0 Å². The molecular weight excluding hydrogens is 80.0 g/mol. The van der Waals surface area contributed by atoms with Gasteiger partial charge in [0.05, 0.1) is 6.92 Å². The molecule has 0 unspecified atom stereocenters. The number of carbonyl (C=O) groups is 1. The first-order valence-electron chi connectivity index (χ1n) is 1.24. The fourth-order valence-corrected chi connectivity index (χ4v) is 0.0569. The van der Waals surface area contributed by atoms with Gasteiger partial charge in [-0.1, -0.05) is 0 Å². The summed E-state index contributed by atoms with van der Waals surface area (Å²) in [6.45, 7) is 4.45. The van der Waals surface area contributed by atoms with E-state index in [-0.39, 0.29) is 0 Å². The molecule has 0 saturated carbocycles. The predicted octanol–water partition coefficient (Wildman–Crippen LogP) is -0.433. The molecule has 6 heavy (non-hydrogen) atoms. The molecule has 3 nitrogen and oxygen atoms in total. The predicted molar refractivity (Wildman–Crippen MR) is 19.0 cm³/mol. The van der Waals surface area contributed by atoms with Gasteiger partial charge in [0, 0.05) is 0 Å². The van der Waals surface area contributed by atoms with Gasteiger partial charge in [0.15, 0.2) is 0 Å². The molecule has 0 aliphatic carbocycles. The van der Waals surface area contributed by atoms with Crippen LogP contribution in [0.25, 0.3) is 5.53 Å². The van der Waals surface area contributed by atoms with Crippen molar-refractivity contribution in [2.24, 2.45) is 0 Å². The third kappa shape index (κ3) is 3.05. The lowest BCUT2D eigenvalue weighted by Crippen LogP contribution is -1.89. The minimum atomic E-state index is -0.752. The fraction of sp³-hybridized carbons (Fsp3) is 0. The Hall–Kier alpha value is -0.950. The van der Waals surface area contributed by atoms with Gasteiger partial charge in [0.2, 0.25) is 5.78 Å². The molecule has 0 fully saturated rings. The third-order valence-corrected chi connectivity index (χ3v) is 0.185. The minimum Gasteiger partial charge on any atom is -0.361 e.